The van der Waals surface area contributed by atoms with E-state index in [-0.39, 0.29) is 5.97 Å². The highest BCUT2D eigenvalue weighted by Crippen LogP contribution is 2.12. The van der Waals surface area contributed by atoms with Crippen molar-refractivity contribution in [2.75, 3.05) is 33.5 Å². The van der Waals surface area contributed by atoms with E-state index in [1.165, 1.54) is 7.11 Å². The maximum Gasteiger partial charge on any atom is 0.337 e. The van der Waals surface area contributed by atoms with E-state index in [4.69, 9.17) is 15.2 Å². The largest absolute Gasteiger partial charge is 0.491 e. The first kappa shape index (κ1) is 13.5. The van der Waals surface area contributed by atoms with Crippen molar-refractivity contribution in [3.05, 3.63) is 29.8 Å². The summed E-state index contributed by atoms with van der Waals surface area (Å²) in [6.45, 7) is 1.99. The van der Waals surface area contributed by atoms with Gasteiger partial charge in [-0.3, -0.25) is 0 Å². The summed E-state index contributed by atoms with van der Waals surface area (Å²) in [5.41, 5.74) is 5.77. The molecule has 0 saturated heterocycles. The maximum absolute atomic E-state index is 11.2. The van der Waals surface area contributed by atoms with E-state index in [1.807, 2.05) is 0 Å². The van der Waals surface area contributed by atoms with Crippen LogP contribution in [0.1, 0.15) is 10.4 Å². The maximum atomic E-state index is 11.2. The molecule has 5 heteroatoms. The molecule has 0 aliphatic heterocycles. The fraction of sp³-hybridized carbons (Fsp3) is 0.417. The molecule has 2 N–H and O–H groups in total. The lowest BCUT2D eigenvalue weighted by Gasteiger charge is -2.07. The van der Waals surface area contributed by atoms with Crippen molar-refractivity contribution in [3.8, 4) is 5.75 Å². The van der Waals surface area contributed by atoms with Crippen molar-refractivity contribution < 1.29 is 19.0 Å². The van der Waals surface area contributed by atoms with Crippen molar-refractivity contribution in [1.29, 1.82) is 0 Å². The van der Waals surface area contributed by atoms with Crippen molar-refractivity contribution in [1.82, 2.24) is 0 Å². The molecular formula is C12H17NO4. The number of ether oxygens (including phenoxy) is 3. The van der Waals surface area contributed by atoms with Gasteiger partial charge in [0.25, 0.3) is 0 Å². The average Bonchev–Trinajstić information content (AvgIpc) is 2.38. The second kappa shape index (κ2) is 7.65. The molecular weight excluding hydrogens is 222 g/mol. The van der Waals surface area contributed by atoms with Gasteiger partial charge >= 0.3 is 5.97 Å². The summed E-state index contributed by atoms with van der Waals surface area (Å²) < 4.78 is 15.2. The Labute approximate surface area is 100 Å². The van der Waals surface area contributed by atoms with Crippen LogP contribution in [0.15, 0.2) is 24.3 Å². The molecule has 1 aromatic rings. The van der Waals surface area contributed by atoms with E-state index >= 15 is 0 Å². The van der Waals surface area contributed by atoms with E-state index in [2.05, 4.69) is 4.74 Å². The van der Waals surface area contributed by atoms with Crippen molar-refractivity contribution in [3.63, 3.8) is 0 Å². The van der Waals surface area contributed by atoms with Gasteiger partial charge in [-0.2, -0.15) is 0 Å². The van der Waals surface area contributed by atoms with Gasteiger partial charge < -0.3 is 19.9 Å². The normalized spacial score (nSPS) is 10.0. The van der Waals surface area contributed by atoms with Gasteiger partial charge in [0.1, 0.15) is 12.4 Å². The molecule has 1 aromatic carbocycles. The summed E-state index contributed by atoms with van der Waals surface area (Å²) in [5, 5.41) is 0. The van der Waals surface area contributed by atoms with Crippen LogP contribution in [0.3, 0.4) is 0 Å². The molecule has 0 aliphatic rings. The molecule has 94 valence electrons. The van der Waals surface area contributed by atoms with E-state index in [0.29, 0.717) is 37.7 Å². The summed E-state index contributed by atoms with van der Waals surface area (Å²) in [6.07, 6.45) is 0. The number of rotatable bonds is 7. The fourth-order valence-electron chi connectivity index (χ4n) is 1.21. The molecule has 0 unspecified atom stereocenters. The van der Waals surface area contributed by atoms with Gasteiger partial charge in [0.15, 0.2) is 0 Å². The Morgan fingerprint density at radius 2 is 1.88 bits per heavy atom. The molecule has 0 spiro atoms. The Morgan fingerprint density at radius 1 is 1.18 bits per heavy atom. The summed E-state index contributed by atoms with van der Waals surface area (Å²) >= 11 is 0. The number of esters is 1. The molecule has 0 aromatic heterocycles. The smallest absolute Gasteiger partial charge is 0.337 e. The molecule has 0 heterocycles. The van der Waals surface area contributed by atoms with Crippen LogP contribution in [0.25, 0.3) is 0 Å². The quantitative estimate of drug-likeness (QED) is 0.563. The van der Waals surface area contributed by atoms with Crippen LogP contribution in [0.4, 0.5) is 0 Å². The van der Waals surface area contributed by atoms with E-state index in [9.17, 15) is 4.79 Å². The Hall–Kier alpha value is -1.59. The predicted octanol–water partition coefficient (Wildman–Crippen LogP) is 0.827. The lowest BCUT2D eigenvalue weighted by atomic mass is 10.2. The van der Waals surface area contributed by atoms with Crippen LogP contribution in [0, 0.1) is 0 Å². The Kier molecular flexibility index (Phi) is 6.06. The highest BCUT2D eigenvalue weighted by atomic mass is 16.5. The van der Waals surface area contributed by atoms with Crippen LogP contribution in [-0.2, 0) is 9.47 Å². The van der Waals surface area contributed by atoms with Gasteiger partial charge in [0, 0.05) is 6.54 Å². The summed E-state index contributed by atoms with van der Waals surface area (Å²) in [5.74, 6) is 0.330. The number of benzene rings is 1. The molecule has 0 radical (unpaired) electrons. The first-order valence-electron chi connectivity index (χ1n) is 5.37. The van der Waals surface area contributed by atoms with Crippen LogP contribution >= 0.6 is 0 Å². The summed E-state index contributed by atoms with van der Waals surface area (Å²) in [4.78, 5) is 11.2. The van der Waals surface area contributed by atoms with Crippen LogP contribution < -0.4 is 10.5 Å². The number of methoxy groups -OCH3 is 1. The topological polar surface area (TPSA) is 70.8 Å². The standard InChI is InChI=1S/C12H17NO4/c1-15-12(14)10-2-4-11(5-3-10)17-9-8-16-7-6-13/h2-5H,6-9,13H2,1H3. The van der Waals surface area contributed by atoms with E-state index in [0.717, 1.165) is 0 Å². The third-order valence-corrected chi connectivity index (χ3v) is 2.03. The third-order valence-electron chi connectivity index (χ3n) is 2.03. The molecule has 0 fully saturated rings. The lowest BCUT2D eigenvalue weighted by molar-refractivity contribution is 0.0600. The number of hydrogen-bond donors (Lipinski definition) is 1. The molecule has 0 bridgehead atoms. The zero-order valence-electron chi connectivity index (χ0n) is 9.85. The highest BCUT2D eigenvalue weighted by molar-refractivity contribution is 5.89. The number of nitrogens with two attached hydrogens (primary N) is 1. The van der Waals surface area contributed by atoms with Crippen molar-refractivity contribution in [2.24, 2.45) is 5.73 Å². The second-order valence-electron chi connectivity index (χ2n) is 3.27. The third kappa shape index (κ3) is 4.84. The molecule has 0 amide bonds. The minimum Gasteiger partial charge on any atom is -0.491 e. The lowest BCUT2D eigenvalue weighted by Crippen LogP contribution is -2.13. The fourth-order valence-corrected chi connectivity index (χ4v) is 1.21. The van der Waals surface area contributed by atoms with Gasteiger partial charge in [0.2, 0.25) is 0 Å². The monoisotopic (exact) mass is 239 g/mol. The van der Waals surface area contributed by atoms with E-state index in [1.54, 1.807) is 24.3 Å². The first-order chi connectivity index (χ1) is 8.27. The Balaban J connectivity index is 2.33. The number of hydrogen-bond acceptors (Lipinski definition) is 5. The molecule has 0 aliphatic carbocycles. The van der Waals surface area contributed by atoms with E-state index < -0.39 is 0 Å². The van der Waals surface area contributed by atoms with Gasteiger partial charge in [-0.25, -0.2) is 4.79 Å². The predicted molar refractivity (Wildman–Crippen MR) is 63.1 cm³/mol. The minimum atomic E-state index is -0.358. The van der Waals surface area contributed by atoms with Gasteiger partial charge in [-0.1, -0.05) is 0 Å². The average molecular weight is 239 g/mol. The first-order valence-corrected chi connectivity index (χ1v) is 5.37. The Morgan fingerprint density at radius 3 is 2.47 bits per heavy atom. The molecule has 0 saturated carbocycles. The summed E-state index contributed by atoms with van der Waals surface area (Å²) in [7, 11) is 1.35. The van der Waals surface area contributed by atoms with Gasteiger partial charge in [0.05, 0.1) is 25.9 Å². The highest BCUT2D eigenvalue weighted by Gasteiger charge is 2.04. The van der Waals surface area contributed by atoms with Gasteiger partial charge in [-0.05, 0) is 24.3 Å². The Bertz CT molecular complexity index is 337. The molecule has 5 nitrogen and oxygen atoms in total. The second-order valence-corrected chi connectivity index (χ2v) is 3.27. The van der Waals surface area contributed by atoms with Crippen LogP contribution in [0.2, 0.25) is 0 Å². The minimum absolute atomic E-state index is 0.358. The molecule has 1 rings (SSSR count). The molecule has 0 atom stereocenters. The summed E-state index contributed by atoms with van der Waals surface area (Å²) in [6, 6.07) is 6.74. The van der Waals surface area contributed by atoms with Crippen molar-refractivity contribution >= 4 is 5.97 Å². The van der Waals surface area contributed by atoms with Crippen LogP contribution in [0.5, 0.6) is 5.75 Å². The number of carbonyl (C=O) groups is 1. The van der Waals surface area contributed by atoms with Crippen LogP contribution in [-0.4, -0.2) is 39.4 Å². The zero-order valence-corrected chi connectivity index (χ0v) is 9.85. The SMILES string of the molecule is COC(=O)c1ccc(OCCOCCN)cc1. The number of carbonyl (C=O) groups excluding carboxylic acids is 1. The zero-order chi connectivity index (χ0) is 12.5. The van der Waals surface area contributed by atoms with Crippen molar-refractivity contribution in [2.45, 2.75) is 0 Å². The van der Waals surface area contributed by atoms with Gasteiger partial charge in [-0.15, -0.1) is 0 Å². The molecule has 17 heavy (non-hydrogen) atoms.